The molecule has 3 fully saturated rings. The molecule has 1 saturated heterocycles. The molecule has 0 radical (unpaired) electrons. The maximum Gasteiger partial charge on any atom is 0.225 e. The summed E-state index contributed by atoms with van der Waals surface area (Å²) < 4.78 is 0. The van der Waals surface area contributed by atoms with Crippen LogP contribution < -0.4 is 5.32 Å². The number of fused-ring (bicyclic) bond motifs is 1. The first kappa shape index (κ1) is 11.5. The summed E-state index contributed by atoms with van der Waals surface area (Å²) in [6, 6.07) is 0.481. The number of nitrogens with zero attached hydrogens (tertiary/aromatic N) is 1. The Morgan fingerprint density at radius 3 is 2.65 bits per heavy atom. The summed E-state index contributed by atoms with van der Waals surface area (Å²) in [4.78, 5) is 14.5. The van der Waals surface area contributed by atoms with Crippen LogP contribution in [0.4, 0.5) is 0 Å². The van der Waals surface area contributed by atoms with E-state index in [-0.39, 0.29) is 0 Å². The summed E-state index contributed by atoms with van der Waals surface area (Å²) >= 11 is 0. The van der Waals surface area contributed by atoms with Crippen LogP contribution in [0, 0.1) is 17.8 Å². The fraction of sp³-hybridized carbons (Fsp3) is 0.929. The third kappa shape index (κ3) is 2.35. The van der Waals surface area contributed by atoms with Crippen molar-refractivity contribution in [3.05, 3.63) is 0 Å². The largest absolute Gasteiger partial charge is 0.342 e. The minimum Gasteiger partial charge on any atom is -0.342 e. The molecule has 0 aromatic rings. The van der Waals surface area contributed by atoms with Crippen molar-refractivity contribution in [1.82, 2.24) is 10.2 Å². The molecule has 0 aromatic carbocycles. The lowest BCUT2D eigenvalue weighted by molar-refractivity contribution is -0.136. The van der Waals surface area contributed by atoms with Gasteiger partial charge in [-0.3, -0.25) is 4.79 Å². The van der Waals surface area contributed by atoms with Crippen LogP contribution in [0.15, 0.2) is 0 Å². The molecule has 96 valence electrons. The highest BCUT2D eigenvalue weighted by molar-refractivity contribution is 5.79. The summed E-state index contributed by atoms with van der Waals surface area (Å²) in [5, 5.41) is 3.42. The van der Waals surface area contributed by atoms with Crippen molar-refractivity contribution in [2.75, 3.05) is 20.1 Å². The topological polar surface area (TPSA) is 32.3 Å². The van der Waals surface area contributed by atoms with E-state index in [0.29, 0.717) is 17.9 Å². The molecule has 0 aromatic heterocycles. The van der Waals surface area contributed by atoms with E-state index in [9.17, 15) is 4.79 Å². The first-order chi connectivity index (χ1) is 8.25. The quantitative estimate of drug-likeness (QED) is 0.790. The molecule has 3 heteroatoms. The zero-order chi connectivity index (χ0) is 11.8. The Balaban J connectivity index is 1.56. The van der Waals surface area contributed by atoms with Crippen LogP contribution >= 0.6 is 0 Å². The number of rotatable bonds is 2. The monoisotopic (exact) mass is 236 g/mol. The number of hydrogen-bond acceptors (Lipinski definition) is 2. The van der Waals surface area contributed by atoms with Crippen molar-refractivity contribution in [1.29, 1.82) is 0 Å². The Morgan fingerprint density at radius 2 is 1.88 bits per heavy atom. The summed E-state index contributed by atoms with van der Waals surface area (Å²) in [6.07, 6.45) is 7.27. The average molecular weight is 236 g/mol. The van der Waals surface area contributed by atoms with E-state index in [1.807, 2.05) is 7.05 Å². The first-order valence-corrected chi connectivity index (χ1v) is 7.23. The van der Waals surface area contributed by atoms with Gasteiger partial charge in [0.2, 0.25) is 5.91 Å². The predicted molar refractivity (Wildman–Crippen MR) is 67.6 cm³/mol. The number of carbonyl (C=O) groups is 1. The lowest BCUT2D eigenvalue weighted by atomic mass is 9.99. The molecule has 3 atom stereocenters. The second kappa shape index (κ2) is 4.60. The molecule has 3 aliphatic rings. The highest BCUT2D eigenvalue weighted by Gasteiger charge is 2.48. The Bertz CT molecular complexity index is 287. The van der Waals surface area contributed by atoms with E-state index in [0.717, 1.165) is 31.3 Å². The molecule has 1 heterocycles. The molecular formula is C14H24N2O. The molecule has 1 amide bonds. The molecule has 3 unspecified atom stereocenters. The highest BCUT2D eigenvalue weighted by Crippen LogP contribution is 2.54. The van der Waals surface area contributed by atoms with Gasteiger partial charge in [-0.15, -0.1) is 0 Å². The first-order valence-electron chi connectivity index (χ1n) is 7.23. The SMILES string of the molecule is CN(C(=O)C1CC2CC2C1)C1CCCNCC1. The van der Waals surface area contributed by atoms with Crippen LogP contribution in [0.3, 0.4) is 0 Å². The van der Waals surface area contributed by atoms with Gasteiger partial charge in [0.25, 0.3) is 0 Å². The lowest BCUT2D eigenvalue weighted by Gasteiger charge is -2.29. The van der Waals surface area contributed by atoms with Gasteiger partial charge in [-0.1, -0.05) is 0 Å². The van der Waals surface area contributed by atoms with E-state index in [4.69, 9.17) is 0 Å². The summed E-state index contributed by atoms with van der Waals surface area (Å²) in [5.74, 6) is 2.62. The zero-order valence-corrected chi connectivity index (χ0v) is 10.8. The van der Waals surface area contributed by atoms with Crippen LogP contribution in [0.1, 0.15) is 38.5 Å². The zero-order valence-electron chi connectivity index (χ0n) is 10.8. The number of hydrogen-bond donors (Lipinski definition) is 1. The van der Waals surface area contributed by atoms with Crippen LogP contribution in [-0.4, -0.2) is 37.0 Å². The molecule has 3 nitrogen and oxygen atoms in total. The molecule has 1 N–H and O–H groups in total. The molecule has 2 aliphatic carbocycles. The fourth-order valence-corrected chi connectivity index (χ4v) is 3.77. The van der Waals surface area contributed by atoms with Gasteiger partial charge in [-0.25, -0.2) is 0 Å². The van der Waals surface area contributed by atoms with E-state index in [1.165, 1.54) is 32.1 Å². The van der Waals surface area contributed by atoms with Gasteiger partial charge < -0.3 is 10.2 Å². The molecule has 0 bridgehead atoms. The summed E-state index contributed by atoms with van der Waals surface area (Å²) in [5.41, 5.74) is 0. The van der Waals surface area contributed by atoms with E-state index in [1.54, 1.807) is 0 Å². The molecule has 17 heavy (non-hydrogen) atoms. The number of nitrogens with one attached hydrogen (secondary N) is 1. The summed E-state index contributed by atoms with van der Waals surface area (Å²) in [6.45, 7) is 2.18. The Kier molecular flexibility index (Phi) is 3.12. The van der Waals surface area contributed by atoms with Crippen molar-refractivity contribution in [3.8, 4) is 0 Å². The molecule has 2 saturated carbocycles. The fourth-order valence-electron chi connectivity index (χ4n) is 3.77. The van der Waals surface area contributed by atoms with Crippen molar-refractivity contribution in [3.63, 3.8) is 0 Å². The van der Waals surface area contributed by atoms with Gasteiger partial charge in [0.15, 0.2) is 0 Å². The van der Waals surface area contributed by atoms with E-state index in [2.05, 4.69) is 10.2 Å². The van der Waals surface area contributed by atoms with Gasteiger partial charge in [0.05, 0.1) is 0 Å². The minimum absolute atomic E-state index is 0.361. The third-order valence-electron chi connectivity index (χ3n) is 5.03. The van der Waals surface area contributed by atoms with Crippen molar-refractivity contribution in [2.24, 2.45) is 17.8 Å². The molecule has 3 rings (SSSR count). The second-order valence-corrected chi connectivity index (χ2v) is 6.21. The standard InChI is InChI=1S/C14H24N2O/c1-16(13-3-2-5-15-6-4-13)14(17)12-8-10-7-11(10)9-12/h10-13,15H,2-9H2,1H3. The Morgan fingerprint density at radius 1 is 1.12 bits per heavy atom. The Labute approximate surface area is 104 Å². The predicted octanol–water partition coefficient (Wildman–Crippen LogP) is 1.63. The Hall–Kier alpha value is -0.570. The molecule has 0 spiro atoms. The van der Waals surface area contributed by atoms with Gasteiger partial charge >= 0.3 is 0 Å². The van der Waals surface area contributed by atoms with Crippen LogP contribution in [0.25, 0.3) is 0 Å². The average Bonchev–Trinajstić information content (AvgIpc) is 3.05. The third-order valence-corrected chi connectivity index (χ3v) is 5.03. The van der Waals surface area contributed by atoms with Crippen LogP contribution in [0.5, 0.6) is 0 Å². The van der Waals surface area contributed by atoms with Crippen LogP contribution in [0.2, 0.25) is 0 Å². The normalized spacial score (nSPS) is 40.5. The van der Waals surface area contributed by atoms with Gasteiger partial charge in [0.1, 0.15) is 0 Å². The van der Waals surface area contributed by atoms with E-state index >= 15 is 0 Å². The number of amides is 1. The van der Waals surface area contributed by atoms with E-state index < -0.39 is 0 Å². The van der Waals surface area contributed by atoms with Gasteiger partial charge in [-0.2, -0.15) is 0 Å². The molecule has 1 aliphatic heterocycles. The highest BCUT2D eigenvalue weighted by atomic mass is 16.2. The van der Waals surface area contributed by atoms with Crippen LogP contribution in [-0.2, 0) is 4.79 Å². The number of carbonyl (C=O) groups excluding carboxylic acids is 1. The summed E-state index contributed by atoms with van der Waals surface area (Å²) in [7, 11) is 2.03. The smallest absolute Gasteiger partial charge is 0.225 e. The molecular weight excluding hydrogens is 212 g/mol. The maximum atomic E-state index is 12.4. The van der Waals surface area contributed by atoms with Gasteiger partial charge in [0, 0.05) is 19.0 Å². The maximum absolute atomic E-state index is 12.4. The second-order valence-electron chi connectivity index (χ2n) is 6.21. The van der Waals surface area contributed by atoms with Gasteiger partial charge in [-0.05, 0) is 63.5 Å². The van der Waals surface area contributed by atoms with Crippen molar-refractivity contribution >= 4 is 5.91 Å². The van der Waals surface area contributed by atoms with Crippen molar-refractivity contribution in [2.45, 2.75) is 44.6 Å². The minimum atomic E-state index is 0.361. The van der Waals surface area contributed by atoms with Crippen molar-refractivity contribution < 1.29 is 4.79 Å². The lowest BCUT2D eigenvalue weighted by Crippen LogP contribution is -2.40.